The number of nitro groups is 1. The summed E-state index contributed by atoms with van der Waals surface area (Å²) in [5, 5.41) is 11.0. The zero-order chi connectivity index (χ0) is 13.7. The number of nitro benzene ring substituents is 1. The van der Waals surface area contributed by atoms with Gasteiger partial charge in [0.25, 0.3) is 5.69 Å². The molecule has 0 heterocycles. The SMILES string of the molecule is C#CCN(CC)c1ccc(C(C)=O)cc1[N+](=O)[O-]. The van der Waals surface area contributed by atoms with Gasteiger partial charge in [-0.15, -0.1) is 6.42 Å². The third kappa shape index (κ3) is 2.86. The van der Waals surface area contributed by atoms with Gasteiger partial charge in [0.1, 0.15) is 5.69 Å². The van der Waals surface area contributed by atoms with E-state index in [1.54, 1.807) is 17.0 Å². The number of carbonyl (C=O) groups is 1. The van der Waals surface area contributed by atoms with Crippen LogP contribution in [-0.4, -0.2) is 23.8 Å². The van der Waals surface area contributed by atoms with Crippen LogP contribution >= 0.6 is 0 Å². The monoisotopic (exact) mass is 246 g/mol. The van der Waals surface area contributed by atoms with Crippen LogP contribution in [0.15, 0.2) is 18.2 Å². The molecule has 1 aromatic rings. The van der Waals surface area contributed by atoms with Crippen molar-refractivity contribution in [3.05, 3.63) is 33.9 Å². The first kappa shape index (κ1) is 13.7. The normalized spacial score (nSPS) is 9.61. The Morgan fingerprint density at radius 1 is 1.56 bits per heavy atom. The summed E-state index contributed by atoms with van der Waals surface area (Å²) in [6, 6.07) is 4.43. The van der Waals surface area contributed by atoms with Crippen molar-refractivity contribution in [2.45, 2.75) is 13.8 Å². The van der Waals surface area contributed by atoms with E-state index in [1.807, 2.05) is 6.92 Å². The average Bonchev–Trinajstić information content (AvgIpc) is 2.35. The molecule has 0 aliphatic rings. The van der Waals surface area contributed by atoms with E-state index in [2.05, 4.69) is 5.92 Å². The Morgan fingerprint density at radius 2 is 2.22 bits per heavy atom. The highest BCUT2D eigenvalue weighted by Crippen LogP contribution is 2.29. The van der Waals surface area contributed by atoms with Crippen molar-refractivity contribution in [2.75, 3.05) is 18.0 Å². The lowest BCUT2D eigenvalue weighted by atomic mass is 10.1. The molecule has 0 aromatic heterocycles. The second-order valence-corrected chi connectivity index (χ2v) is 3.74. The summed E-state index contributed by atoms with van der Waals surface area (Å²) < 4.78 is 0. The van der Waals surface area contributed by atoms with Crippen molar-refractivity contribution in [1.82, 2.24) is 0 Å². The molecule has 1 aromatic carbocycles. The van der Waals surface area contributed by atoms with Crippen LogP contribution in [0.5, 0.6) is 0 Å². The molecule has 0 amide bonds. The van der Waals surface area contributed by atoms with Gasteiger partial charge < -0.3 is 4.90 Å². The first-order valence-electron chi connectivity index (χ1n) is 5.49. The molecular formula is C13H14N2O3. The van der Waals surface area contributed by atoms with E-state index >= 15 is 0 Å². The fourth-order valence-electron chi connectivity index (χ4n) is 1.63. The maximum atomic E-state index is 11.2. The number of nitrogens with zero attached hydrogens (tertiary/aromatic N) is 2. The molecule has 1 rings (SSSR count). The Morgan fingerprint density at radius 3 is 2.67 bits per heavy atom. The molecule has 0 aliphatic carbocycles. The van der Waals surface area contributed by atoms with Crippen LogP contribution in [0.25, 0.3) is 0 Å². The summed E-state index contributed by atoms with van der Waals surface area (Å²) in [7, 11) is 0. The van der Waals surface area contributed by atoms with E-state index in [4.69, 9.17) is 6.42 Å². The van der Waals surface area contributed by atoms with E-state index in [0.29, 0.717) is 17.8 Å². The zero-order valence-corrected chi connectivity index (χ0v) is 10.3. The summed E-state index contributed by atoms with van der Waals surface area (Å²) in [6.07, 6.45) is 5.23. The number of rotatable bonds is 5. The molecule has 0 bridgehead atoms. The molecule has 0 spiro atoms. The van der Waals surface area contributed by atoms with E-state index in [9.17, 15) is 14.9 Å². The molecule has 0 saturated heterocycles. The van der Waals surface area contributed by atoms with Gasteiger partial charge in [0.2, 0.25) is 0 Å². The van der Waals surface area contributed by atoms with Crippen molar-refractivity contribution in [3.8, 4) is 12.3 Å². The van der Waals surface area contributed by atoms with Gasteiger partial charge in [-0.25, -0.2) is 0 Å². The van der Waals surface area contributed by atoms with Gasteiger partial charge in [-0.3, -0.25) is 14.9 Å². The van der Waals surface area contributed by atoms with Crippen LogP contribution in [0.1, 0.15) is 24.2 Å². The van der Waals surface area contributed by atoms with Crippen LogP contribution in [0.3, 0.4) is 0 Å². The first-order chi connectivity index (χ1) is 8.51. The lowest BCUT2D eigenvalue weighted by Gasteiger charge is -2.20. The standard InChI is InChI=1S/C13H14N2O3/c1-4-8-14(5-2)12-7-6-11(10(3)16)9-13(12)15(17)18/h1,6-7,9H,5,8H2,2-3H3. The molecular weight excluding hydrogens is 232 g/mol. The highest BCUT2D eigenvalue weighted by Gasteiger charge is 2.19. The molecule has 5 nitrogen and oxygen atoms in total. The predicted octanol–water partition coefficient (Wildman–Crippen LogP) is 2.26. The Hall–Kier alpha value is -2.35. The predicted molar refractivity (Wildman–Crippen MR) is 69.8 cm³/mol. The van der Waals surface area contributed by atoms with E-state index in [1.165, 1.54) is 13.0 Å². The van der Waals surface area contributed by atoms with Gasteiger partial charge in [-0.2, -0.15) is 0 Å². The lowest BCUT2D eigenvalue weighted by Crippen LogP contribution is -2.23. The molecule has 0 saturated carbocycles. The number of anilines is 1. The summed E-state index contributed by atoms with van der Waals surface area (Å²) in [5.74, 6) is 2.25. The number of terminal acetylenes is 1. The molecule has 0 radical (unpaired) electrons. The van der Waals surface area contributed by atoms with Gasteiger partial charge in [-0.05, 0) is 26.0 Å². The fraction of sp³-hybridized carbons (Fsp3) is 0.308. The molecule has 0 aliphatic heterocycles. The van der Waals surface area contributed by atoms with Crippen LogP contribution in [0, 0.1) is 22.5 Å². The molecule has 94 valence electrons. The number of carbonyl (C=O) groups excluding carboxylic acids is 1. The summed E-state index contributed by atoms with van der Waals surface area (Å²) >= 11 is 0. The molecule has 0 atom stereocenters. The Kier molecular flexibility index (Phi) is 4.44. The minimum atomic E-state index is -0.499. The van der Waals surface area contributed by atoms with Gasteiger partial charge in [0.05, 0.1) is 11.5 Å². The number of hydrogen-bond acceptors (Lipinski definition) is 4. The third-order valence-corrected chi connectivity index (χ3v) is 2.58. The van der Waals surface area contributed by atoms with Crippen LogP contribution in [-0.2, 0) is 0 Å². The number of ketones is 1. The second-order valence-electron chi connectivity index (χ2n) is 3.74. The topological polar surface area (TPSA) is 63.5 Å². The van der Waals surface area contributed by atoms with Crippen LogP contribution in [0.2, 0.25) is 0 Å². The maximum absolute atomic E-state index is 11.2. The molecule has 0 fully saturated rings. The maximum Gasteiger partial charge on any atom is 0.293 e. The van der Waals surface area contributed by atoms with Gasteiger partial charge in [0, 0.05) is 18.2 Å². The highest BCUT2D eigenvalue weighted by molar-refractivity contribution is 5.95. The Bertz CT molecular complexity index is 517. The van der Waals surface area contributed by atoms with Gasteiger partial charge in [0.15, 0.2) is 5.78 Å². The average molecular weight is 246 g/mol. The van der Waals surface area contributed by atoms with E-state index in [-0.39, 0.29) is 18.0 Å². The number of hydrogen-bond donors (Lipinski definition) is 0. The van der Waals surface area contributed by atoms with Crippen molar-refractivity contribution < 1.29 is 9.72 Å². The molecule has 18 heavy (non-hydrogen) atoms. The Balaban J connectivity index is 3.31. The summed E-state index contributed by atoms with van der Waals surface area (Å²) in [6.45, 7) is 4.08. The quantitative estimate of drug-likeness (QED) is 0.346. The molecule has 0 N–H and O–H groups in total. The molecule has 0 unspecified atom stereocenters. The van der Waals surface area contributed by atoms with Crippen molar-refractivity contribution in [3.63, 3.8) is 0 Å². The first-order valence-corrected chi connectivity index (χ1v) is 5.49. The van der Waals surface area contributed by atoms with E-state index < -0.39 is 4.92 Å². The minimum absolute atomic E-state index is 0.0974. The summed E-state index contributed by atoms with van der Waals surface area (Å²) in [4.78, 5) is 23.5. The fourth-order valence-corrected chi connectivity index (χ4v) is 1.63. The van der Waals surface area contributed by atoms with E-state index in [0.717, 1.165) is 0 Å². The van der Waals surface area contributed by atoms with Crippen LogP contribution in [0.4, 0.5) is 11.4 Å². The zero-order valence-electron chi connectivity index (χ0n) is 10.3. The minimum Gasteiger partial charge on any atom is -0.355 e. The van der Waals surface area contributed by atoms with Gasteiger partial charge >= 0.3 is 0 Å². The number of Topliss-reactive ketones (excluding diaryl/α,β-unsaturated/α-hetero) is 1. The second kappa shape index (κ2) is 5.82. The smallest absolute Gasteiger partial charge is 0.293 e. The van der Waals surface area contributed by atoms with Gasteiger partial charge in [-0.1, -0.05) is 5.92 Å². The molecule has 5 heteroatoms. The lowest BCUT2D eigenvalue weighted by molar-refractivity contribution is -0.384. The Labute approximate surface area is 106 Å². The summed E-state index contributed by atoms with van der Waals surface area (Å²) in [5.41, 5.74) is 0.660. The van der Waals surface area contributed by atoms with Crippen molar-refractivity contribution >= 4 is 17.2 Å². The van der Waals surface area contributed by atoms with Crippen molar-refractivity contribution in [1.29, 1.82) is 0 Å². The number of benzene rings is 1. The third-order valence-electron chi connectivity index (χ3n) is 2.58. The highest BCUT2D eigenvalue weighted by atomic mass is 16.6. The largest absolute Gasteiger partial charge is 0.355 e. The van der Waals surface area contributed by atoms with Crippen LogP contribution < -0.4 is 4.90 Å². The van der Waals surface area contributed by atoms with Crippen molar-refractivity contribution in [2.24, 2.45) is 0 Å².